The first-order valence-corrected chi connectivity index (χ1v) is 5.53. The van der Waals surface area contributed by atoms with Crippen LogP contribution in [0.3, 0.4) is 0 Å². The van der Waals surface area contributed by atoms with E-state index in [2.05, 4.69) is 15.2 Å². The van der Waals surface area contributed by atoms with Gasteiger partial charge in [0, 0.05) is 18.5 Å². The molecule has 1 aromatic carbocycles. The monoisotopic (exact) mass is 257 g/mol. The van der Waals surface area contributed by atoms with Gasteiger partial charge in [-0.2, -0.15) is 0 Å². The van der Waals surface area contributed by atoms with Crippen LogP contribution in [0.1, 0.15) is 0 Å². The number of nitrogen functional groups attached to an aromatic ring is 1. The number of benzene rings is 1. The molecule has 0 amide bonds. The molecule has 0 saturated carbocycles. The number of anilines is 1. The van der Waals surface area contributed by atoms with Gasteiger partial charge >= 0.3 is 0 Å². The van der Waals surface area contributed by atoms with Crippen molar-refractivity contribution in [2.24, 2.45) is 0 Å². The number of fused-ring (bicyclic) bond motifs is 1. The van der Waals surface area contributed by atoms with Gasteiger partial charge in [0.05, 0.1) is 12.8 Å². The van der Waals surface area contributed by atoms with Crippen molar-refractivity contribution in [1.29, 1.82) is 0 Å². The topological polar surface area (TPSA) is 87.6 Å². The predicted molar refractivity (Wildman–Crippen MR) is 68.3 cm³/mol. The minimum absolute atomic E-state index is 0.344. The molecule has 0 aliphatic carbocycles. The number of nitrogens with zero attached hydrogens (tertiary/aromatic N) is 4. The van der Waals surface area contributed by atoms with Crippen LogP contribution in [0, 0.1) is 0 Å². The van der Waals surface area contributed by atoms with Crippen LogP contribution >= 0.6 is 0 Å². The molecule has 2 N–H and O–H groups in total. The summed E-state index contributed by atoms with van der Waals surface area (Å²) in [6, 6.07) is 5.16. The lowest BCUT2D eigenvalue weighted by Gasteiger charge is -2.09. The number of methoxy groups -OCH3 is 1. The fraction of sp³-hybridized carbons (Fsp3) is 0.0833. The SMILES string of the molecule is COc1ccc(Oc2nccn3cnnc23)c(N)c1. The number of nitrogens with two attached hydrogens (primary N) is 1. The maximum Gasteiger partial charge on any atom is 0.265 e. The van der Waals surface area contributed by atoms with E-state index in [0.29, 0.717) is 28.7 Å². The molecule has 0 aliphatic rings. The van der Waals surface area contributed by atoms with E-state index in [1.807, 2.05) is 0 Å². The molecule has 19 heavy (non-hydrogen) atoms. The molecule has 2 aromatic heterocycles. The highest BCUT2D eigenvalue weighted by Crippen LogP contribution is 2.30. The Kier molecular flexibility index (Phi) is 2.64. The Morgan fingerprint density at radius 2 is 2.21 bits per heavy atom. The first-order valence-electron chi connectivity index (χ1n) is 5.53. The summed E-state index contributed by atoms with van der Waals surface area (Å²) in [7, 11) is 1.58. The molecule has 0 aliphatic heterocycles. The van der Waals surface area contributed by atoms with Crippen molar-refractivity contribution in [1.82, 2.24) is 19.6 Å². The summed E-state index contributed by atoms with van der Waals surface area (Å²) in [6.07, 6.45) is 4.91. The van der Waals surface area contributed by atoms with Gasteiger partial charge in [-0.15, -0.1) is 10.2 Å². The maximum atomic E-state index is 5.89. The van der Waals surface area contributed by atoms with E-state index in [9.17, 15) is 0 Å². The Balaban J connectivity index is 1.99. The number of aromatic nitrogens is 4. The molecule has 0 radical (unpaired) electrons. The summed E-state index contributed by atoms with van der Waals surface area (Å²) in [4.78, 5) is 4.13. The van der Waals surface area contributed by atoms with Gasteiger partial charge in [0.25, 0.3) is 5.88 Å². The highest BCUT2D eigenvalue weighted by molar-refractivity contribution is 5.59. The zero-order valence-electron chi connectivity index (χ0n) is 10.1. The fourth-order valence-corrected chi connectivity index (χ4v) is 1.66. The molecule has 7 nitrogen and oxygen atoms in total. The van der Waals surface area contributed by atoms with E-state index in [1.165, 1.54) is 0 Å². The molecule has 0 bridgehead atoms. The van der Waals surface area contributed by atoms with Crippen LogP contribution in [-0.4, -0.2) is 26.7 Å². The zero-order chi connectivity index (χ0) is 13.2. The van der Waals surface area contributed by atoms with Gasteiger partial charge in [0.15, 0.2) is 5.75 Å². The van der Waals surface area contributed by atoms with Crippen LogP contribution in [-0.2, 0) is 0 Å². The minimum Gasteiger partial charge on any atom is -0.497 e. The molecule has 7 heteroatoms. The Morgan fingerprint density at radius 1 is 1.32 bits per heavy atom. The minimum atomic E-state index is 0.344. The van der Waals surface area contributed by atoms with Crippen molar-refractivity contribution in [2.75, 3.05) is 12.8 Å². The summed E-state index contributed by atoms with van der Waals surface area (Å²) < 4.78 is 12.5. The van der Waals surface area contributed by atoms with Gasteiger partial charge < -0.3 is 15.2 Å². The van der Waals surface area contributed by atoms with Crippen molar-refractivity contribution >= 4 is 11.3 Å². The Labute approximate surface area is 108 Å². The predicted octanol–water partition coefficient (Wildman–Crippen LogP) is 1.51. The highest BCUT2D eigenvalue weighted by Gasteiger charge is 2.10. The first-order chi connectivity index (χ1) is 9.28. The van der Waals surface area contributed by atoms with E-state index >= 15 is 0 Å². The molecule has 3 rings (SSSR count). The van der Waals surface area contributed by atoms with E-state index in [1.54, 1.807) is 48.4 Å². The van der Waals surface area contributed by atoms with Crippen LogP contribution in [0.4, 0.5) is 5.69 Å². The molecule has 0 saturated heterocycles. The number of ether oxygens (including phenoxy) is 2. The van der Waals surface area contributed by atoms with Crippen molar-refractivity contribution in [3.05, 3.63) is 36.9 Å². The quantitative estimate of drug-likeness (QED) is 0.715. The maximum absolute atomic E-state index is 5.89. The van der Waals surface area contributed by atoms with Crippen molar-refractivity contribution in [2.45, 2.75) is 0 Å². The first kappa shape index (κ1) is 11.3. The summed E-state index contributed by atoms with van der Waals surface area (Å²) in [5.74, 6) is 1.50. The lowest BCUT2D eigenvalue weighted by Crippen LogP contribution is -1.97. The largest absolute Gasteiger partial charge is 0.497 e. The lowest BCUT2D eigenvalue weighted by atomic mass is 10.3. The molecule has 0 unspecified atom stereocenters. The van der Waals surface area contributed by atoms with E-state index in [4.69, 9.17) is 15.2 Å². The van der Waals surface area contributed by atoms with Crippen LogP contribution in [0.15, 0.2) is 36.9 Å². The van der Waals surface area contributed by atoms with Crippen molar-refractivity contribution < 1.29 is 9.47 Å². The molecular weight excluding hydrogens is 246 g/mol. The second-order valence-electron chi connectivity index (χ2n) is 3.80. The summed E-state index contributed by atoms with van der Waals surface area (Å²) in [6.45, 7) is 0. The third-order valence-corrected chi connectivity index (χ3v) is 2.61. The lowest BCUT2D eigenvalue weighted by molar-refractivity contribution is 0.413. The third kappa shape index (κ3) is 2.01. The van der Waals surface area contributed by atoms with Gasteiger partial charge in [0.1, 0.15) is 12.1 Å². The molecule has 0 spiro atoms. The molecular formula is C12H11N5O2. The summed E-state index contributed by atoms with van der Waals surface area (Å²) in [5.41, 5.74) is 6.88. The van der Waals surface area contributed by atoms with Gasteiger partial charge in [-0.3, -0.25) is 4.40 Å². The standard InChI is InChI=1S/C12H11N5O2/c1-18-8-2-3-10(9(13)6-8)19-12-11-16-15-7-17(11)5-4-14-12/h2-7H,13H2,1H3. The number of hydrogen-bond acceptors (Lipinski definition) is 6. The molecule has 0 atom stereocenters. The Bertz CT molecular complexity index is 725. The Hall–Kier alpha value is -2.83. The van der Waals surface area contributed by atoms with Gasteiger partial charge in [-0.25, -0.2) is 4.98 Å². The normalized spacial score (nSPS) is 10.6. The van der Waals surface area contributed by atoms with Gasteiger partial charge in [0.2, 0.25) is 5.65 Å². The van der Waals surface area contributed by atoms with E-state index in [-0.39, 0.29) is 0 Å². The summed E-state index contributed by atoms with van der Waals surface area (Å²) in [5, 5.41) is 7.73. The van der Waals surface area contributed by atoms with Gasteiger partial charge in [-0.05, 0) is 12.1 Å². The second kappa shape index (κ2) is 4.45. The number of hydrogen-bond donors (Lipinski definition) is 1. The second-order valence-corrected chi connectivity index (χ2v) is 3.80. The highest BCUT2D eigenvalue weighted by atomic mass is 16.5. The van der Waals surface area contributed by atoms with Crippen LogP contribution < -0.4 is 15.2 Å². The van der Waals surface area contributed by atoms with Crippen LogP contribution in [0.5, 0.6) is 17.4 Å². The Morgan fingerprint density at radius 3 is 3.00 bits per heavy atom. The smallest absolute Gasteiger partial charge is 0.265 e. The van der Waals surface area contributed by atoms with Crippen molar-refractivity contribution in [3.63, 3.8) is 0 Å². The van der Waals surface area contributed by atoms with Gasteiger partial charge in [-0.1, -0.05) is 0 Å². The van der Waals surface area contributed by atoms with Crippen LogP contribution in [0.25, 0.3) is 5.65 Å². The van der Waals surface area contributed by atoms with E-state index in [0.717, 1.165) is 0 Å². The average molecular weight is 257 g/mol. The molecule has 0 fully saturated rings. The summed E-state index contributed by atoms with van der Waals surface area (Å²) >= 11 is 0. The molecule has 2 heterocycles. The van der Waals surface area contributed by atoms with E-state index < -0.39 is 0 Å². The van der Waals surface area contributed by atoms with Crippen LogP contribution in [0.2, 0.25) is 0 Å². The molecule has 3 aromatic rings. The average Bonchev–Trinajstić information content (AvgIpc) is 2.90. The van der Waals surface area contributed by atoms with Crippen molar-refractivity contribution in [3.8, 4) is 17.4 Å². The molecule has 96 valence electrons. The fourth-order valence-electron chi connectivity index (χ4n) is 1.66. The zero-order valence-corrected chi connectivity index (χ0v) is 10.1. The third-order valence-electron chi connectivity index (χ3n) is 2.61. The number of rotatable bonds is 3.